The highest BCUT2D eigenvalue weighted by atomic mass is 16.5. The van der Waals surface area contributed by atoms with E-state index >= 15 is 0 Å². The first-order valence-electron chi connectivity index (χ1n) is 13.6. The van der Waals surface area contributed by atoms with Crippen LogP contribution in [0.3, 0.4) is 0 Å². The van der Waals surface area contributed by atoms with Gasteiger partial charge in [-0.25, -0.2) is 0 Å². The van der Waals surface area contributed by atoms with E-state index in [0.717, 1.165) is 50.5 Å². The number of methoxy groups -OCH3 is 1. The number of esters is 3. The Balaban J connectivity index is 1.65. The highest BCUT2D eigenvalue weighted by Crippen LogP contribution is 2.62. The monoisotopic (exact) mass is 524 g/mol. The summed E-state index contributed by atoms with van der Waals surface area (Å²) in [7, 11) is 1.48. The van der Waals surface area contributed by atoms with Crippen molar-refractivity contribution < 1.29 is 33.7 Å². The second-order valence-corrected chi connectivity index (χ2v) is 11.6. The van der Waals surface area contributed by atoms with Gasteiger partial charge in [-0.1, -0.05) is 25.5 Å². The average Bonchev–Trinajstić information content (AvgIpc) is 2.87. The van der Waals surface area contributed by atoms with Crippen molar-refractivity contribution in [3.63, 3.8) is 0 Å². The van der Waals surface area contributed by atoms with Crippen LogP contribution in [-0.4, -0.2) is 36.7 Å². The lowest BCUT2D eigenvalue weighted by molar-refractivity contribution is -0.174. The summed E-state index contributed by atoms with van der Waals surface area (Å²) in [5.41, 5.74) is 0.490. The van der Waals surface area contributed by atoms with Crippen LogP contribution in [0.2, 0.25) is 0 Å². The summed E-state index contributed by atoms with van der Waals surface area (Å²) in [6.07, 6.45) is 6.29. The molecule has 0 amide bonds. The number of ether oxygens (including phenoxy) is 3. The lowest BCUT2D eigenvalue weighted by Gasteiger charge is -2.59. The smallest absolute Gasteiger partial charge is 0.311 e. The van der Waals surface area contributed by atoms with Gasteiger partial charge in [-0.2, -0.15) is 0 Å². The van der Waals surface area contributed by atoms with Crippen LogP contribution in [0.1, 0.15) is 71.8 Å². The fourth-order valence-corrected chi connectivity index (χ4v) is 7.69. The molecule has 1 unspecified atom stereocenters. The molecule has 38 heavy (non-hydrogen) atoms. The van der Waals surface area contributed by atoms with Gasteiger partial charge in [-0.3, -0.25) is 14.4 Å². The molecule has 0 spiro atoms. The lowest BCUT2D eigenvalue weighted by Crippen LogP contribution is -2.55. The standard InChI is InChI=1S/C31H40O7/c1-19(33)37-26-12-13-27(38-20(2)34)24-17-21(7-10-23(24)26)8-11-25-22(18-32)9-14-28-30(25,3)15-6-16-31(28,4)29(35)36-5/h7,10,12-13,17,22,25,28,32H,6,8-9,11,14-16,18H2,1-5H3/t22-,25-,28?,30+,31-/m0/s1. The number of carbonyl (C=O) groups is 3. The van der Waals surface area contributed by atoms with Crippen molar-refractivity contribution in [2.45, 2.75) is 72.6 Å². The molecule has 2 aromatic rings. The van der Waals surface area contributed by atoms with E-state index in [1.54, 1.807) is 12.1 Å². The lowest BCUT2D eigenvalue weighted by atomic mass is 9.45. The molecule has 4 rings (SSSR count). The van der Waals surface area contributed by atoms with Crippen LogP contribution in [0.4, 0.5) is 0 Å². The predicted molar refractivity (Wildman–Crippen MR) is 144 cm³/mol. The second-order valence-electron chi connectivity index (χ2n) is 11.6. The number of aliphatic hydroxyl groups is 1. The van der Waals surface area contributed by atoms with E-state index in [0.29, 0.717) is 22.3 Å². The Morgan fingerprint density at radius 1 is 0.947 bits per heavy atom. The maximum atomic E-state index is 12.9. The Kier molecular flexibility index (Phi) is 8.17. The maximum absolute atomic E-state index is 12.9. The number of benzene rings is 2. The van der Waals surface area contributed by atoms with Crippen LogP contribution in [0.25, 0.3) is 10.8 Å². The Morgan fingerprint density at radius 3 is 2.21 bits per heavy atom. The molecule has 0 heterocycles. The first-order valence-corrected chi connectivity index (χ1v) is 13.6. The Hall–Kier alpha value is -2.93. The highest BCUT2D eigenvalue weighted by Gasteiger charge is 2.58. The number of carbonyl (C=O) groups excluding carboxylic acids is 3. The van der Waals surface area contributed by atoms with Gasteiger partial charge >= 0.3 is 17.9 Å². The summed E-state index contributed by atoms with van der Waals surface area (Å²) in [5.74, 6) is 0.530. The minimum atomic E-state index is -0.505. The number of fused-ring (bicyclic) bond motifs is 2. The summed E-state index contributed by atoms with van der Waals surface area (Å²) in [4.78, 5) is 36.3. The Morgan fingerprint density at radius 2 is 1.61 bits per heavy atom. The molecule has 0 bridgehead atoms. The Labute approximate surface area is 224 Å². The summed E-state index contributed by atoms with van der Waals surface area (Å²) < 4.78 is 16.1. The van der Waals surface area contributed by atoms with Crippen molar-refractivity contribution in [2.24, 2.45) is 28.6 Å². The van der Waals surface area contributed by atoms with Gasteiger partial charge in [0.05, 0.1) is 12.5 Å². The highest BCUT2D eigenvalue weighted by molar-refractivity contribution is 5.96. The topological polar surface area (TPSA) is 99.1 Å². The van der Waals surface area contributed by atoms with Gasteiger partial charge in [-0.15, -0.1) is 0 Å². The SMILES string of the molecule is COC(=O)[C@@]1(C)CCC[C@@]2(C)C1CC[C@@H](CO)[C@@H]2CCc1ccc2c(OC(C)=O)ccc(OC(C)=O)c2c1. The van der Waals surface area contributed by atoms with Gasteiger partial charge in [0.15, 0.2) is 0 Å². The second kappa shape index (κ2) is 11.0. The van der Waals surface area contributed by atoms with Crippen LogP contribution >= 0.6 is 0 Å². The molecule has 2 aromatic carbocycles. The molecule has 2 fully saturated rings. The average molecular weight is 525 g/mol. The van der Waals surface area contributed by atoms with Gasteiger partial charge < -0.3 is 19.3 Å². The molecule has 2 aliphatic carbocycles. The zero-order chi connectivity index (χ0) is 27.7. The van der Waals surface area contributed by atoms with Crippen molar-refractivity contribution in [3.05, 3.63) is 35.9 Å². The molecule has 0 radical (unpaired) electrons. The van der Waals surface area contributed by atoms with Crippen LogP contribution in [0, 0.1) is 28.6 Å². The van der Waals surface area contributed by atoms with Crippen molar-refractivity contribution in [1.29, 1.82) is 0 Å². The molecule has 206 valence electrons. The van der Waals surface area contributed by atoms with Crippen molar-refractivity contribution in [2.75, 3.05) is 13.7 Å². The van der Waals surface area contributed by atoms with Gasteiger partial charge in [-0.05, 0) is 92.4 Å². The van der Waals surface area contributed by atoms with Crippen LogP contribution in [-0.2, 0) is 25.5 Å². The van der Waals surface area contributed by atoms with Gasteiger partial charge in [0.2, 0.25) is 0 Å². The van der Waals surface area contributed by atoms with E-state index in [9.17, 15) is 19.5 Å². The molecule has 5 atom stereocenters. The number of rotatable bonds is 7. The summed E-state index contributed by atoms with van der Waals surface area (Å²) >= 11 is 0. The molecular weight excluding hydrogens is 484 g/mol. The van der Waals surface area contributed by atoms with E-state index in [-0.39, 0.29) is 35.7 Å². The van der Waals surface area contributed by atoms with E-state index in [2.05, 4.69) is 13.8 Å². The molecule has 7 nitrogen and oxygen atoms in total. The first-order chi connectivity index (χ1) is 18.0. The molecule has 0 aromatic heterocycles. The largest absolute Gasteiger partial charge is 0.469 e. The molecule has 2 aliphatic rings. The van der Waals surface area contributed by atoms with Crippen molar-refractivity contribution >= 4 is 28.7 Å². The third-order valence-corrected chi connectivity index (χ3v) is 9.36. The van der Waals surface area contributed by atoms with Crippen LogP contribution in [0.15, 0.2) is 30.3 Å². The molecule has 0 saturated heterocycles. The maximum Gasteiger partial charge on any atom is 0.311 e. The zero-order valence-electron chi connectivity index (χ0n) is 23.2. The van der Waals surface area contributed by atoms with Gasteiger partial charge in [0.1, 0.15) is 11.5 Å². The number of aryl methyl sites for hydroxylation is 1. The molecule has 2 saturated carbocycles. The molecular formula is C31H40O7. The predicted octanol–water partition coefficient (Wildman–Crippen LogP) is 5.63. The van der Waals surface area contributed by atoms with E-state index in [1.165, 1.54) is 21.0 Å². The summed E-state index contributed by atoms with van der Waals surface area (Å²) in [6, 6.07) is 9.20. The first kappa shape index (κ1) is 28.1. The van der Waals surface area contributed by atoms with Gasteiger partial charge in [0, 0.05) is 31.2 Å². The third-order valence-electron chi connectivity index (χ3n) is 9.36. The normalized spacial score (nSPS) is 28.8. The van der Waals surface area contributed by atoms with E-state index in [4.69, 9.17) is 14.2 Å². The number of aliphatic hydroxyl groups excluding tert-OH is 1. The van der Waals surface area contributed by atoms with E-state index < -0.39 is 17.4 Å². The Bertz CT molecular complexity index is 1220. The minimum Gasteiger partial charge on any atom is -0.469 e. The molecule has 1 N–H and O–H groups in total. The van der Waals surface area contributed by atoms with Gasteiger partial charge in [0.25, 0.3) is 0 Å². The fourth-order valence-electron chi connectivity index (χ4n) is 7.69. The van der Waals surface area contributed by atoms with Crippen LogP contribution in [0.5, 0.6) is 11.5 Å². The number of hydrogen-bond acceptors (Lipinski definition) is 7. The fraction of sp³-hybridized carbons (Fsp3) is 0.581. The summed E-state index contributed by atoms with van der Waals surface area (Å²) in [5, 5.41) is 11.7. The quantitative estimate of drug-likeness (QED) is 0.370. The zero-order valence-corrected chi connectivity index (χ0v) is 23.2. The third kappa shape index (κ3) is 5.18. The van der Waals surface area contributed by atoms with Crippen LogP contribution < -0.4 is 9.47 Å². The minimum absolute atomic E-state index is 0.0743. The number of hydrogen-bond donors (Lipinski definition) is 1. The molecule has 7 heteroatoms. The molecule has 0 aliphatic heterocycles. The summed E-state index contributed by atoms with van der Waals surface area (Å²) in [6.45, 7) is 7.23. The van der Waals surface area contributed by atoms with E-state index in [1.807, 2.05) is 18.2 Å². The van der Waals surface area contributed by atoms with Crippen molar-refractivity contribution in [1.82, 2.24) is 0 Å². The van der Waals surface area contributed by atoms with Crippen molar-refractivity contribution in [3.8, 4) is 11.5 Å².